The molecule has 112 valence electrons. The first-order valence-electron chi connectivity index (χ1n) is 6.36. The van der Waals surface area contributed by atoms with E-state index in [1.807, 2.05) is 6.07 Å². The molecule has 0 atom stereocenters. The summed E-state index contributed by atoms with van der Waals surface area (Å²) in [4.78, 5) is 12.2. The van der Waals surface area contributed by atoms with Crippen LogP contribution >= 0.6 is 27.3 Å². The number of hydrogen-bond donors (Lipinski definition) is 2. The molecule has 1 aromatic carbocycles. The standard InChI is InChI=1S/C13H15BrN4O2S/c1-3-6-15-13-18-17-12(21-13)11(19)16-10-7-8(20-2)4-5-9(10)14/h4-5,7H,3,6H2,1-2H3,(H,15,18)(H,16,19). The Bertz CT molecular complexity index is 632. The second-order valence-corrected chi connectivity index (χ2v) is 5.97. The van der Waals surface area contributed by atoms with Gasteiger partial charge in [-0.1, -0.05) is 18.3 Å². The quantitative estimate of drug-likeness (QED) is 0.814. The Labute approximate surface area is 135 Å². The van der Waals surface area contributed by atoms with Crippen molar-refractivity contribution in [3.8, 4) is 5.75 Å². The summed E-state index contributed by atoms with van der Waals surface area (Å²) < 4.78 is 5.91. The largest absolute Gasteiger partial charge is 0.497 e. The van der Waals surface area contributed by atoms with Gasteiger partial charge in [-0.2, -0.15) is 0 Å². The number of carbonyl (C=O) groups is 1. The molecule has 2 rings (SSSR count). The average Bonchev–Trinajstić information content (AvgIpc) is 2.96. The van der Waals surface area contributed by atoms with E-state index in [4.69, 9.17) is 4.74 Å². The third-order valence-electron chi connectivity index (χ3n) is 2.57. The van der Waals surface area contributed by atoms with Gasteiger partial charge in [0.15, 0.2) is 0 Å². The van der Waals surface area contributed by atoms with Gasteiger partial charge in [0.05, 0.1) is 12.8 Å². The highest BCUT2D eigenvalue weighted by molar-refractivity contribution is 9.10. The van der Waals surface area contributed by atoms with Gasteiger partial charge in [0.2, 0.25) is 10.1 Å². The molecule has 0 aliphatic carbocycles. The molecule has 0 saturated carbocycles. The topological polar surface area (TPSA) is 76.1 Å². The van der Waals surface area contributed by atoms with Crippen LogP contribution in [-0.2, 0) is 0 Å². The number of hydrogen-bond acceptors (Lipinski definition) is 6. The van der Waals surface area contributed by atoms with Crippen LogP contribution in [0.5, 0.6) is 5.75 Å². The van der Waals surface area contributed by atoms with Crippen molar-refractivity contribution >= 4 is 44.0 Å². The zero-order valence-electron chi connectivity index (χ0n) is 11.6. The normalized spacial score (nSPS) is 10.2. The number of ether oxygens (including phenoxy) is 1. The second-order valence-electron chi connectivity index (χ2n) is 4.14. The number of amides is 1. The van der Waals surface area contributed by atoms with Crippen molar-refractivity contribution in [3.05, 3.63) is 27.7 Å². The molecular formula is C13H15BrN4O2S. The molecule has 21 heavy (non-hydrogen) atoms. The Morgan fingerprint density at radius 1 is 1.43 bits per heavy atom. The maximum absolute atomic E-state index is 12.2. The lowest BCUT2D eigenvalue weighted by atomic mass is 10.3. The van der Waals surface area contributed by atoms with Crippen molar-refractivity contribution in [3.63, 3.8) is 0 Å². The van der Waals surface area contributed by atoms with E-state index < -0.39 is 0 Å². The van der Waals surface area contributed by atoms with E-state index >= 15 is 0 Å². The van der Waals surface area contributed by atoms with Gasteiger partial charge in [0.25, 0.3) is 5.91 Å². The zero-order valence-corrected chi connectivity index (χ0v) is 14.0. The first kappa shape index (κ1) is 15.7. The van der Waals surface area contributed by atoms with E-state index in [0.717, 1.165) is 17.4 Å². The van der Waals surface area contributed by atoms with Crippen LogP contribution in [0.15, 0.2) is 22.7 Å². The molecule has 0 spiro atoms. The van der Waals surface area contributed by atoms with Crippen molar-refractivity contribution in [2.24, 2.45) is 0 Å². The van der Waals surface area contributed by atoms with Gasteiger partial charge in [0, 0.05) is 17.1 Å². The van der Waals surface area contributed by atoms with Crippen LogP contribution in [0.4, 0.5) is 10.8 Å². The molecule has 0 saturated heterocycles. The van der Waals surface area contributed by atoms with Crippen molar-refractivity contribution < 1.29 is 9.53 Å². The van der Waals surface area contributed by atoms with Crippen molar-refractivity contribution in [1.29, 1.82) is 0 Å². The van der Waals surface area contributed by atoms with Gasteiger partial charge in [-0.05, 0) is 34.5 Å². The van der Waals surface area contributed by atoms with E-state index in [2.05, 4.69) is 43.7 Å². The monoisotopic (exact) mass is 370 g/mol. The van der Waals surface area contributed by atoms with Crippen LogP contribution < -0.4 is 15.4 Å². The van der Waals surface area contributed by atoms with Crippen molar-refractivity contribution in [1.82, 2.24) is 10.2 Å². The Hall–Kier alpha value is -1.67. The molecular weight excluding hydrogens is 356 g/mol. The Kier molecular flexibility index (Phi) is 5.51. The summed E-state index contributed by atoms with van der Waals surface area (Å²) in [7, 11) is 1.57. The third kappa shape index (κ3) is 4.15. The first-order chi connectivity index (χ1) is 10.1. The fraction of sp³-hybridized carbons (Fsp3) is 0.308. The molecule has 1 heterocycles. The summed E-state index contributed by atoms with van der Waals surface area (Å²) in [5, 5.41) is 14.7. The molecule has 2 aromatic rings. The number of halogens is 1. The smallest absolute Gasteiger partial charge is 0.286 e. The molecule has 0 radical (unpaired) electrons. The maximum atomic E-state index is 12.2. The minimum absolute atomic E-state index is 0.300. The molecule has 0 bridgehead atoms. The van der Waals surface area contributed by atoms with Crippen molar-refractivity contribution in [2.45, 2.75) is 13.3 Å². The number of nitrogens with one attached hydrogen (secondary N) is 2. The summed E-state index contributed by atoms with van der Waals surface area (Å²) in [5.74, 6) is 0.363. The average molecular weight is 371 g/mol. The number of nitrogens with zero attached hydrogens (tertiary/aromatic N) is 2. The van der Waals surface area contributed by atoms with Gasteiger partial charge < -0.3 is 15.4 Å². The zero-order chi connectivity index (χ0) is 15.2. The Morgan fingerprint density at radius 2 is 2.24 bits per heavy atom. The minimum Gasteiger partial charge on any atom is -0.497 e. The molecule has 0 unspecified atom stereocenters. The minimum atomic E-state index is -0.300. The van der Waals surface area contributed by atoms with Crippen LogP contribution in [0.25, 0.3) is 0 Å². The summed E-state index contributed by atoms with van der Waals surface area (Å²) in [6.07, 6.45) is 0.984. The lowest BCUT2D eigenvalue weighted by Gasteiger charge is -2.07. The van der Waals surface area contributed by atoms with Crippen LogP contribution in [0.3, 0.4) is 0 Å². The third-order valence-corrected chi connectivity index (χ3v) is 4.14. The SMILES string of the molecule is CCCNc1nnc(C(=O)Nc2cc(OC)ccc2Br)s1. The number of aromatic nitrogens is 2. The number of carbonyl (C=O) groups excluding carboxylic acids is 1. The molecule has 0 fully saturated rings. The summed E-state index contributed by atoms with van der Waals surface area (Å²) in [6.45, 7) is 2.86. The lowest BCUT2D eigenvalue weighted by Crippen LogP contribution is -2.12. The maximum Gasteiger partial charge on any atom is 0.286 e. The van der Waals surface area contributed by atoms with Gasteiger partial charge in [-0.15, -0.1) is 10.2 Å². The number of anilines is 2. The molecule has 1 aromatic heterocycles. The number of benzene rings is 1. The Balaban J connectivity index is 2.09. The Morgan fingerprint density at radius 3 is 2.95 bits per heavy atom. The highest BCUT2D eigenvalue weighted by atomic mass is 79.9. The molecule has 8 heteroatoms. The van der Waals surface area contributed by atoms with E-state index in [1.54, 1.807) is 19.2 Å². The summed E-state index contributed by atoms with van der Waals surface area (Å²) in [5.41, 5.74) is 0.623. The van der Waals surface area contributed by atoms with Gasteiger partial charge >= 0.3 is 0 Å². The molecule has 6 nitrogen and oxygen atoms in total. The fourth-order valence-electron chi connectivity index (χ4n) is 1.52. The van der Waals surface area contributed by atoms with E-state index in [-0.39, 0.29) is 5.91 Å². The number of rotatable bonds is 6. The summed E-state index contributed by atoms with van der Waals surface area (Å²) >= 11 is 4.61. The highest BCUT2D eigenvalue weighted by Crippen LogP contribution is 2.28. The van der Waals surface area contributed by atoms with Gasteiger partial charge in [-0.3, -0.25) is 4.79 Å². The number of methoxy groups -OCH3 is 1. The van der Waals surface area contributed by atoms with Crippen LogP contribution in [-0.4, -0.2) is 29.8 Å². The van der Waals surface area contributed by atoms with Crippen molar-refractivity contribution in [2.75, 3.05) is 24.3 Å². The first-order valence-corrected chi connectivity index (χ1v) is 7.97. The van der Waals surface area contributed by atoms with Gasteiger partial charge in [0.1, 0.15) is 5.75 Å². The van der Waals surface area contributed by atoms with Crippen LogP contribution in [0, 0.1) is 0 Å². The van der Waals surface area contributed by atoms with Crippen LogP contribution in [0.1, 0.15) is 23.1 Å². The molecule has 0 aliphatic rings. The van der Waals surface area contributed by atoms with E-state index in [0.29, 0.717) is 21.6 Å². The molecule has 2 N–H and O–H groups in total. The lowest BCUT2D eigenvalue weighted by molar-refractivity contribution is 0.102. The highest BCUT2D eigenvalue weighted by Gasteiger charge is 2.14. The van der Waals surface area contributed by atoms with E-state index in [1.165, 1.54) is 11.3 Å². The van der Waals surface area contributed by atoms with Crippen LogP contribution in [0.2, 0.25) is 0 Å². The fourth-order valence-corrected chi connectivity index (χ4v) is 2.53. The molecule has 0 aliphatic heterocycles. The van der Waals surface area contributed by atoms with Gasteiger partial charge in [-0.25, -0.2) is 0 Å². The predicted octanol–water partition coefficient (Wildman–Crippen LogP) is 3.38. The summed E-state index contributed by atoms with van der Waals surface area (Å²) in [6, 6.07) is 5.35. The van der Waals surface area contributed by atoms with E-state index in [9.17, 15) is 4.79 Å². The predicted molar refractivity (Wildman–Crippen MR) is 87.3 cm³/mol. The molecule has 1 amide bonds. The second kappa shape index (κ2) is 7.37.